The van der Waals surface area contributed by atoms with Crippen LogP contribution in [0.2, 0.25) is 0 Å². The van der Waals surface area contributed by atoms with Crippen LogP contribution in [0.4, 0.5) is 0 Å². The molecule has 1 saturated carbocycles. The lowest BCUT2D eigenvalue weighted by molar-refractivity contribution is -0.00741. The Bertz CT molecular complexity index is 132. The van der Waals surface area contributed by atoms with Crippen LogP contribution < -0.4 is 0 Å². The molecular formula is C8H12O. The van der Waals surface area contributed by atoms with Crippen LogP contribution in [0, 0.1) is 0 Å². The molecule has 0 amide bonds. The molecule has 0 saturated heterocycles. The van der Waals surface area contributed by atoms with Gasteiger partial charge in [0.05, 0.1) is 6.26 Å². The highest BCUT2D eigenvalue weighted by Crippen LogP contribution is 2.37. The van der Waals surface area contributed by atoms with Gasteiger partial charge in [-0.25, -0.2) is 0 Å². The first-order chi connectivity index (χ1) is 4.41. The summed E-state index contributed by atoms with van der Waals surface area (Å²) in [6.45, 7) is 0. The van der Waals surface area contributed by atoms with E-state index < -0.39 is 0 Å². The minimum absolute atomic E-state index is 0.220. The van der Waals surface area contributed by atoms with Gasteiger partial charge in [0, 0.05) is 0 Å². The Morgan fingerprint density at radius 2 is 1.78 bits per heavy atom. The first kappa shape index (κ1) is 5.33. The molecule has 1 heterocycles. The minimum Gasteiger partial charge on any atom is -0.491 e. The summed E-state index contributed by atoms with van der Waals surface area (Å²) in [5, 5.41) is 0. The summed E-state index contributed by atoms with van der Waals surface area (Å²) in [5.41, 5.74) is 0.220. The Balaban J connectivity index is 2.02. The van der Waals surface area contributed by atoms with Gasteiger partial charge in [0.1, 0.15) is 5.60 Å². The standard InChI is InChI=1S/C8H12O/c1-2-4-8(5-3-1)6-7-9-8/h6-7H,1-5H2. The molecule has 1 nitrogen and oxygen atoms in total. The molecule has 1 aliphatic carbocycles. The fourth-order valence-electron chi connectivity index (χ4n) is 1.70. The first-order valence-electron chi connectivity index (χ1n) is 3.77. The van der Waals surface area contributed by atoms with E-state index in [1.165, 1.54) is 32.1 Å². The maximum Gasteiger partial charge on any atom is 0.129 e. The molecule has 0 N–H and O–H groups in total. The number of ether oxygens (including phenoxy) is 1. The average Bonchev–Trinajstić information content (AvgIpc) is 1.87. The van der Waals surface area contributed by atoms with Crippen molar-refractivity contribution >= 4 is 0 Å². The van der Waals surface area contributed by atoms with Gasteiger partial charge in [-0.15, -0.1) is 0 Å². The molecule has 9 heavy (non-hydrogen) atoms. The second kappa shape index (κ2) is 1.76. The van der Waals surface area contributed by atoms with Crippen molar-refractivity contribution in [1.29, 1.82) is 0 Å². The smallest absolute Gasteiger partial charge is 0.129 e. The van der Waals surface area contributed by atoms with E-state index in [1.54, 1.807) is 0 Å². The maximum atomic E-state index is 5.38. The summed E-state index contributed by atoms with van der Waals surface area (Å²) < 4.78 is 5.38. The molecule has 50 valence electrons. The fraction of sp³-hybridized carbons (Fsp3) is 0.750. The van der Waals surface area contributed by atoms with Gasteiger partial charge in [-0.3, -0.25) is 0 Å². The fourth-order valence-corrected chi connectivity index (χ4v) is 1.70. The Hall–Kier alpha value is -0.460. The quantitative estimate of drug-likeness (QED) is 0.481. The Labute approximate surface area is 55.7 Å². The molecule has 1 fully saturated rings. The third-order valence-corrected chi connectivity index (χ3v) is 2.37. The summed E-state index contributed by atoms with van der Waals surface area (Å²) in [6.07, 6.45) is 10.7. The molecule has 0 aromatic heterocycles. The van der Waals surface area contributed by atoms with Crippen molar-refractivity contribution in [2.24, 2.45) is 0 Å². The van der Waals surface area contributed by atoms with E-state index in [2.05, 4.69) is 6.08 Å². The van der Waals surface area contributed by atoms with E-state index in [-0.39, 0.29) is 5.60 Å². The van der Waals surface area contributed by atoms with E-state index in [1.807, 2.05) is 6.26 Å². The van der Waals surface area contributed by atoms with Gasteiger partial charge in [0.2, 0.25) is 0 Å². The molecule has 0 atom stereocenters. The first-order valence-corrected chi connectivity index (χ1v) is 3.77. The molecule has 1 spiro atoms. The Morgan fingerprint density at radius 1 is 1.11 bits per heavy atom. The highest BCUT2D eigenvalue weighted by Gasteiger charge is 2.34. The van der Waals surface area contributed by atoms with Crippen molar-refractivity contribution in [2.75, 3.05) is 0 Å². The maximum absolute atomic E-state index is 5.38. The van der Waals surface area contributed by atoms with Crippen molar-refractivity contribution in [3.63, 3.8) is 0 Å². The van der Waals surface area contributed by atoms with Crippen LogP contribution in [0.5, 0.6) is 0 Å². The van der Waals surface area contributed by atoms with Gasteiger partial charge >= 0.3 is 0 Å². The van der Waals surface area contributed by atoms with E-state index in [4.69, 9.17) is 4.74 Å². The largest absolute Gasteiger partial charge is 0.491 e. The molecule has 2 rings (SSSR count). The van der Waals surface area contributed by atoms with E-state index in [9.17, 15) is 0 Å². The third-order valence-electron chi connectivity index (χ3n) is 2.37. The number of rotatable bonds is 0. The average molecular weight is 124 g/mol. The summed E-state index contributed by atoms with van der Waals surface area (Å²) in [5.74, 6) is 0. The van der Waals surface area contributed by atoms with Gasteiger partial charge in [0.15, 0.2) is 0 Å². The van der Waals surface area contributed by atoms with Crippen LogP contribution in [-0.2, 0) is 4.74 Å². The summed E-state index contributed by atoms with van der Waals surface area (Å²) in [4.78, 5) is 0. The molecule has 1 aliphatic heterocycles. The van der Waals surface area contributed by atoms with Crippen LogP contribution >= 0.6 is 0 Å². The van der Waals surface area contributed by atoms with Gasteiger partial charge < -0.3 is 4.74 Å². The zero-order valence-electron chi connectivity index (χ0n) is 5.60. The van der Waals surface area contributed by atoms with Gasteiger partial charge in [-0.1, -0.05) is 6.42 Å². The molecule has 0 aromatic rings. The SMILES string of the molecule is C1=CC2(CCCCC2)O1. The second-order valence-electron chi connectivity index (χ2n) is 3.05. The van der Waals surface area contributed by atoms with Crippen molar-refractivity contribution < 1.29 is 4.74 Å². The molecule has 0 unspecified atom stereocenters. The Morgan fingerprint density at radius 3 is 2.11 bits per heavy atom. The van der Waals surface area contributed by atoms with Crippen LogP contribution in [0.15, 0.2) is 12.3 Å². The third kappa shape index (κ3) is 0.752. The lowest BCUT2D eigenvalue weighted by Crippen LogP contribution is -2.36. The lowest BCUT2D eigenvalue weighted by Gasteiger charge is -2.38. The van der Waals surface area contributed by atoms with Crippen LogP contribution in [0.3, 0.4) is 0 Å². The van der Waals surface area contributed by atoms with Crippen LogP contribution in [-0.4, -0.2) is 5.60 Å². The zero-order chi connectivity index (χ0) is 6.16. The van der Waals surface area contributed by atoms with E-state index in [0.29, 0.717) is 0 Å². The molecule has 1 heteroatoms. The second-order valence-corrected chi connectivity index (χ2v) is 3.05. The van der Waals surface area contributed by atoms with E-state index in [0.717, 1.165) is 0 Å². The molecule has 0 bridgehead atoms. The van der Waals surface area contributed by atoms with Gasteiger partial charge in [0.25, 0.3) is 0 Å². The summed E-state index contributed by atoms with van der Waals surface area (Å²) >= 11 is 0. The van der Waals surface area contributed by atoms with Crippen molar-refractivity contribution in [3.05, 3.63) is 12.3 Å². The van der Waals surface area contributed by atoms with Crippen LogP contribution in [0.1, 0.15) is 32.1 Å². The van der Waals surface area contributed by atoms with E-state index >= 15 is 0 Å². The molecule has 2 aliphatic rings. The summed E-state index contributed by atoms with van der Waals surface area (Å²) in [6, 6.07) is 0. The van der Waals surface area contributed by atoms with Crippen LogP contribution in [0.25, 0.3) is 0 Å². The number of hydrogen-bond acceptors (Lipinski definition) is 1. The minimum atomic E-state index is 0.220. The molecular weight excluding hydrogens is 112 g/mol. The van der Waals surface area contributed by atoms with Gasteiger partial charge in [-0.2, -0.15) is 0 Å². The number of hydrogen-bond donors (Lipinski definition) is 0. The Kier molecular flexibility index (Phi) is 1.04. The molecule has 0 radical (unpaired) electrons. The topological polar surface area (TPSA) is 9.23 Å². The lowest BCUT2D eigenvalue weighted by atomic mass is 9.83. The van der Waals surface area contributed by atoms with Gasteiger partial charge in [-0.05, 0) is 31.8 Å². The molecule has 0 aromatic carbocycles. The van der Waals surface area contributed by atoms with Crippen molar-refractivity contribution in [2.45, 2.75) is 37.7 Å². The zero-order valence-corrected chi connectivity index (χ0v) is 5.60. The highest BCUT2D eigenvalue weighted by molar-refractivity contribution is 5.09. The monoisotopic (exact) mass is 124 g/mol. The highest BCUT2D eigenvalue weighted by atomic mass is 16.5. The predicted octanol–water partition coefficient (Wildman–Crippen LogP) is 2.23. The predicted molar refractivity (Wildman–Crippen MR) is 36.0 cm³/mol. The normalized spacial score (nSPS) is 29.3. The van der Waals surface area contributed by atoms with Crippen molar-refractivity contribution in [3.8, 4) is 0 Å². The van der Waals surface area contributed by atoms with Crippen molar-refractivity contribution in [1.82, 2.24) is 0 Å². The summed E-state index contributed by atoms with van der Waals surface area (Å²) in [7, 11) is 0.